The van der Waals surface area contributed by atoms with Crippen LogP contribution in [0.2, 0.25) is 0 Å². The Labute approximate surface area is 141 Å². The lowest BCUT2D eigenvalue weighted by atomic mass is 10.2. The summed E-state index contributed by atoms with van der Waals surface area (Å²) in [5.74, 6) is 0.825. The van der Waals surface area contributed by atoms with E-state index in [0.29, 0.717) is 18.7 Å². The van der Waals surface area contributed by atoms with Crippen LogP contribution in [0.25, 0.3) is 0 Å². The predicted molar refractivity (Wildman–Crippen MR) is 90.6 cm³/mol. The van der Waals surface area contributed by atoms with Crippen LogP contribution in [0.5, 0.6) is 0 Å². The van der Waals surface area contributed by atoms with Gasteiger partial charge in [0.15, 0.2) is 0 Å². The molecule has 0 spiro atoms. The molecule has 1 aromatic carbocycles. The summed E-state index contributed by atoms with van der Waals surface area (Å²) >= 11 is 0. The summed E-state index contributed by atoms with van der Waals surface area (Å²) in [7, 11) is 1.98. The fraction of sp³-hybridized carbons (Fsp3) is 0.333. The normalized spacial score (nSPS) is 11.3. The van der Waals surface area contributed by atoms with Gasteiger partial charge in [-0.25, -0.2) is 14.4 Å². The first-order valence-electron chi connectivity index (χ1n) is 8.10. The van der Waals surface area contributed by atoms with Gasteiger partial charge in [-0.05, 0) is 12.5 Å². The minimum absolute atomic E-state index is 0.156. The Balaban J connectivity index is 1.65. The number of nitrogens with zero attached hydrogens (tertiary/aromatic N) is 5. The third-order valence-electron chi connectivity index (χ3n) is 4.09. The van der Waals surface area contributed by atoms with Gasteiger partial charge in [-0.15, -0.1) is 0 Å². The van der Waals surface area contributed by atoms with E-state index in [1.165, 1.54) is 6.07 Å². The van der Waals surface area contributed by atoms with Crippen LogP contribution in [0.15, 0.2) is 55.4 Å². The second-order valence-electron chi connectivity index (χ2n) is 5.91. The second kappa shape index (κ2) is 7.88. The number of hydrogen-bond acceptors (Lipinski definition) is 3. The highest BCUT2D eigenvalue weighted by Gasteiger charge is 2.12. The van der Waals surface area contributed by atoms with Gasteiger partial charge in [0.25, 0.3) is 0 Å². The fourth-order valence-corrected chi connectivity index (χ4v) is 2.73. The first-order valence-corrected chi connectivity index (χ1v) is 8.10. The first kappa shape index (κ1) is 16.4. The van der Waals surface area contributed by atoms with E-state index >= 15 is 0 Å². The molecule has 0 amide bonds. The minimum Gasteiger partial charge on any atom is -0.337 e. The van der Waals surface area contributed by atoms with E-state index in [9.17, 15) is 4.39 Å². The van der Waals surface area contributed by atoms with Crippen LogP contribution >= 0.6 is 0 Å². The lowest BCUT2D eigenvalue weighted by molar-refractivity contribution is 0.237. The molecule has 0 saturated carbocycles. The van der Waals surface area contributed by atoms with E-state index in [2.05, 4.69) is 19.4 Å². The Morgan fingerprint density at radius 3 is 2.71 bits per heavy atom. The van der Waals surface area contributed by atoms with Crippen molar-refractivity contribution >= 4 is 0 Å². The van der Waals surface area contributed by atoms with Gasteiger partial charge in [0.1, 0.15) is 11.6 Å². The van der Waals surface area contributed by atoms with Crippen molar-refractivity contribution in [1.29, 1.82) is 0 Å². The third kappa shape index (κ3) is 4.29. The molecule has 0 unspecified atom stereocenters. The molecule has 0 saturated heterocycles. The molecule has 0 fully saturated rings. The summed E-state index contributed by atoms with van der Waals surface area (Å²) in [6, 6.07) is 6.96. The van der Waals surface area contributed by atoms with Gasteiger partial charge in [0.05, 0.1) is 12.9 Å². The molecular formula is C18H22FN5. The highest BCUT2D eigenvalue weighted by molar-refractivity contribution is 5.17. The summed E-state index contributed by atoms with van der Waals surface area (Å²) in [5.41, 5.74) is 0.717. The van der Waals surface area contributed by atoms with Crippen molar-refractivity contribution in [2.45, 2.75) is 26.1 Å². The van der Waals surface area contributed by atoms with E-state index < -0.39 is 0 Å². The minimum atomic E-state index is -0.156. The zero-order valence-electron chi connectivity index (χ0n) is 13.8. The van der Waals surface area contributed by atoms with Crippen LogP contribution in [0.1, 0.15) is 17.8 Å². The van der Waals surface area contributed by atoms with E-state index in [1.54, 1.807) is 18.5 Å². The molecule has 0 bridgehead atoms. The van der Waals surface area contributed by atoms with Crippen LogP contribution in [-0.4, -0.2) is 30.5 Å². The Kier molecular flexibility index (Phi) is 5.38. The van der Waals surface area contributed by atoms with Crippen LogP contribution < -0.4 is 0 Å². The average molecular weight is 327 g/mol. The quantitative estimate of drug-likeness (QED) is 0.639. The van der Waals surface area contributed by atoms with Gasteiger partial charge in [-0.2, -0.15) is 0 Å². The summed E-state index contributed by atoms with van der Waals surface area (Å²) in [5, 5.41) is 0. The zero-order chi connectivity index (χ0) is 16.8. The number of aromatic nitrogens is 4. The lowest BCUT2D eigenvalue weighted by Crippen LogP contribution is -2.26. The zero-order valence-corrected chi connectivity index (χ0v) is 13.8. The molecule has 0 radical (unpaired) electrons. The fourth-order valence-electron chi connectivity index (χ4n) is 2.73. The van der Waals surface area contributed by atoms with Crippen LogP contribution in [-0.2, 0) is 26.7 Å². The van der Waals surface area contributed by atoms with Crippen LogP contribution in [0, 0.1) is 5.82 Å². The molecule has 5 nitrogen and oxygen atoms in total. The number of imidazole rings is 2. The van der Waals surface area contributed by atoms with Gasteiger partial charge in [-0.1, -0.05) is 18.2 Å². The molecule has 0 N–H and O–H groups in total. The van der Waals surface area contributed by atoms with Crippen LogP contribution in [0.3, 0.4) is 0 Å². The maximum absolute atomic E-state index is 14.0. The Bertz CT molecular complexity index is 750. The number of aryl methyl sites for hydroxylation is 2. The van der Waals surface area contributed by atoms with Gasteiger partial charge in [0, 0.05) is 57.0 Å². The standard InChI is InChI=1S/C18H22FN5/c1-22-11-8-21-18(22)14-24(10-4-9-23-12-7-20-15-23)13-16-5-2-3-6-17(16)19/h2-3,5-8,11-12,15H,4,9-10,13-14H2,1H3. The molecule has 2 heterocycles. The van der Waals surface area contributed by atoms with Crippen molar-refractivity contribution in [2.75, 3.05) is 6.54 Å². The highest BCUT2D eigenvalue weighted by Crippen LogP contribution is 2.13. The molecule has 2 aromatic heterocycles. The van der Waals surface area contributed by atoms with Gasteiger partial charge in [0.2, 0.25) is 0 Å². The van der Waals surface area contributed by atoms with E-state index in [4.69, 9.17) is 0 Å². The van der Waals surface area contributed by atoms with Crippen molar-refractivity contribution in [2.24, 2.45) is 7.05 Å². The van der Waals surface area contributed by atoms with Crippen molar-refractivity contribution in [1.82, 2.24) is 24.0 Å². The van der Waals surface area contributed by atoms with Crippen LogP contribution in [0.4, 0.5) is 4.39 Å². The number of hydrogen-bond donors (Lipinski definition) is 0. The topological polar surface area (TPSA) is 38.9 Å². The van der Waals surface area contributed by atoms with E-state index in [0.717, 1.165) is 25.3 Å². The average Bonchev–Trinajstić information content (AvgIpc) is 3.22. The van der Waals surface area contributed by atoms with Gasteiger partial charge in [-0.3, -0.25) is 4.90 Å². The van der Waals surface area contributed by atoms with Gasteiger partial charge >= 0.3 is 0 Å². The summed E-state index contributed by atoms with van der Waals surface area (Å²) in [4.78, 5) is 10.7. The second-order valence-corrected chi connectivity index (χ2v) is 5.91. The Morgan fingerprint density at radius 2 is 2.00 bits per heavy atom. The molecule has 0 aliphatic heterocycles. The third-order valence-corrected chi connectivity index (χ3v) is 4.09. The number of rotatable bonds is 8. The van der Waals surface area contributed by atoms with Gasteiger partial charge < -0.3 is 9.13 Å². The summed E-state index contributed by atoms with van der Waals surface area (Å²) in [6.45, 7) is 3.03. The van der Waals surface area contributed by atoms with E-state index in [1.807, 2.05) is 42.5 Å². The Hall–Kier alpha value is -2.47. The van der Waals surface area contributed by atoms with Crippen molar-refractivity contribution < 1.29 is 4.39 Å². The SMILES string of the molecule is Cn1ccnc1CN(CCCn1ccnc1)Cc1ccccc1F. The van der Waals surface area contributed by atoms with Crippen molar-refractivity contribution in [3.8, 4) is 0 Å². The summed E-state index contributed by atoms with van der Waals surface area (Å²) < 4.78 is 18.1. The number of halogens is 1. The highest BCUT2D eigenvalue weighted by atomic mass is 19.1. The van der Waals surface area contributed by atoms with Crippen molar-refractivity contribution in [3.05, 3.63) is 72.6 Å². The summed E-state index contributed by atoms with van der Waals surface area (Å²) in [6.07, 6.45) is 10.3. The van der Waals surface area contributed by atoms with Crippen molar-refractivity contribution in [3.63, 3.8) is 0 Å². The molecule has 126 valence electrons. The smallest absolute Gasteiger partial charge is 0.127 e. The molecule has 0 atom stereocenters. The molecule has 3 rings (SSSR count). The lowest BCUT2D eigenvalue weighted by Gasteiger charge is -2.22. The molecular weight excluding hydrogens is 305 g/mol. The molecule has 0 aliphatic rings. The molecule has 3 aromatic rings. The number of benzene rings is 1. The van der Waals surface area contributed by atoms with E-state index in [-0.39, 0.29) is 5.82 Å². The molecule has 6 heteroatoms. The molecule has 24 heavy (non-hydrogen) atoms. The maximum atomic E-state index is 14.0. The predicted octanol–water partition coefficient (Wildman–Crippen LogP) is 2.85. The largest absolute Gasteiger partial charge is 0.337 e. The monoisotopic (exact) mass is 327 g/mol. The first-order chi connectivity index (χ1) is 11.7. The Morgan fingerprint density at radius 1 is 1.12 bits per heavy atom. The molecule has 0 aliphatic carbocycles. The maximum Gasteiger partial charge on any atom is 0.127 e.